The van der Waals surface area contributed by atoms with Crippen LogP contribution in [0, 0.1) is 23.6 Å². The molecule has 7 nitrogen and oxygen atoms in total. The van der Waals surface area contributed by atoms with E-state index in [4.69, 9.17) is 9.08 Å². The van der Waals surface area contributed by atoms with Crippen LogP contribution in [0.1, 0.15) is 51.2 Å². The van der Waals surface area contributed by atoms with Gasteiger partial charge < -0.3 is 19.2 Å². The second kappa shape index (κ2) is 15.3. The number of phenols is 1. The maximum atomic E-state index is 14.4. The Balaban J connectivity index is 1.31. The number of hydrogen-bond acceptors (Lipinski definition) is 6. The van der Waals surface area contributed by atoms with Gasteiger partial charge >= 0.3 is 7.12 Å². The van der Waals surface area contributed by atoms with E-state index in [1.54, 1.807) is 13.1 Å². The number of allylic oxidation sites excluding steroid dienone is 1. The average molecular weight is 744 g/mol. The molecule has 0 unspecified atom stereocenters. The van der Waals surface area contributed by atoms with E-state index in [9.17, 15) is 24.1 Å². The van der Waals surface area contributed by atoms with Gasteiger partial charge in [-0.05, 0) is 86.9 Å². The highest BCUT2D eigenvalue weighted by Crippen LogP contribution is 2.51. The first-order valence-corrected chi connectivity index (χ1v) is 20.7. The molecule has 2 fully saturated rings. The molecule has 0 spiro atoms. The molecule has 4 aromatic carbocycles. The van der Waals surface area contributed by atoms with Gasteiger partial charge in [-0.3, -0.25) is 14.5 Å². The number of carbonyl (C=O) groups excluding carboxylic acids is 2. The minimum atomic E-state index is -2.98. The highest BCUT2D eigenvalue weighted by molar-refractivity contribution is 6.99. The van der Waals surface area contributed by atoms with Crippen LogP contribution in [0.5, 0.6) is 5.75 Å². The first-order valence-electron chi connectivity index (χ1n) is 18.8. The summed E-state index contributed by atoms with van der Waals surface area (Å²) in [5.41, 5.74) is 4.37. The SMILES string of the molecule is CN1C(=O)[C@@H]2[C@@H](CC(CO[Si](c3ccccc3)(c3ccccc3)C(C)(C)C)=C3[C@@H](CC/C(=C/c4ccc(O)c(F)c4)c4ccccc4)OB(O)C[C@@H]32)C1=O. The molecule has 278 valence electrons. The highest BCUT2D eigenvalue weighted by Gasteiger charge is 2.57. The zero-order chi connectivity index (χ0) is 38.2. The van der Waals surface area contributed by atoms with Crippen LogP contribution in [0.15, 0.2) is 120 Å². The van der Waals surface area contributed by atoms with Crippen molar-refractivity contribution in [3.8, 4) is 5.75 Å². The van der Waals surface area contributed by atoms with Gasteiger partial charge in [-0.25, -0.2) is 4.39 Å². The molecule has 2 aliphatic heterocycles. The van der Waals surface area contributed by atoms with Crippen LogP contribution in [0.2, 0.25) is 11.4 Å². The topological polar surface area (TPSA) is 96.3 Å². The first kappa shape index (κ1) is 37.7. The molecule has 0 bridgehead atoms. The van der Waals surface area contributed by atoms with Crippen LogP contribution in [0.4, 0.5) is 4.39 Å². The second-order valence-corrected chi connectivity index (χ2v) is 20.1. The molecule has 2 amide bonds. The fraction of sp³-hybridized carbons (Fsp3) is 0.318. The maximum Gasteiger partial charge on any atom is 0.455 e. The number of aromatic hydroxyl groups is 1. The van der Waals surface area contributed by atoms with Gasteiger partial charge in [0.25, 0.3) is 8.32 Å². The molecular weight excluding hydrogens is 696 g/mol. The smallest absolute Gasteiger partial charge is 0.455 e. The lowest BCUT2D eigenvalue weighted by molar-refractivity contribution is -0.138. The van der Waals surface area contributed by atoms with Gasteiger partial charge in [-0.15, -0.1) is 0 Å². The van der Waals surface area contributed by atoms with Crippen LogP contribution >= 0.6 is 0 Å². The Kier molecular flexibility index (Phi) is 10.7. The summed E-state index contributed by atoms with van der Waals surface area (Å²) in [6, 6.07) is 34.9. The zero-order valence-electron chi connectivity index (χ0n) is 31.2. The number of likely N-dealkylation sites (tertiary alicyclic amines) is 1. The third-order valence-corrected chi connectivity index (χ3v) is 16.5. The maximum absolute atomic E-state index is 14.4. The molecule has 4 atom stereocenters. The lowest BCUT2D eigenvalue weighted by atomic mass is 9.58. The molecule has 54 heavy (non-hydrogen) atoms. The van der Waals surface area contributed by atoms with Crippen LogP contribution in [-0.2, 0) is 18.7 Å². The van der Waals surface area contributed by atoms with Crippen molar-refractivity contribution in [3.05, 3.63) is 137 Å². The summed E-state index contributed by atoms with van der Waals surface area (Å²) in [6.45, 7) is 6.93. The number of phenolic OH excluding ortho intramolecular Hbond substituents is 1. The summed E-state index contributed by atoms with van der Waals surface area (Å²) >= 11 is 0. The Morgan fingerprint density at radius 3 is 2.13 bits per heavy atom. The summed E-state index contributed by atoms with van der Waals surface area (Å²) < 4.78 is 28.3. The van der Waals surface area contributed by atoms with Gasteiger partial charge in [-0.2, -0.15) is 0 Å². The Hall–Kier alpha value is -4.61. The number of nitrogens with zero attached hydrogens (tertiary/aromatic N) is 1. The highest BCUT2D eigenvalue weighted by atomic mass is 28.4. The number of hydrogen-bond donors (Lipinski definition) is 2. The summed E-state index contributed by atoms with van der Waals surface area (Å²) in [7, 11) is -2.55. The lowest BCUT2D eigenvalue weighted by Crippen LogP contribution is -2.66. The van der Waals surface area contributed by atoms with Crippen LogP contribution in [0.3, 0.4) is 0 Å². The van der Waals surface area contributed by atoms with E-state index in [1.807, 2.05) is 72.8 Å². The van der Waals surface area contributed by atoms with Gasteiger partial charge in [0.1, 0.15) is 0 Å². The van der Waals surface area contributed by atoms with Crippen LogP contribution < -0.4 is 10.4 Å². The van der Waals surface area contributed by atoms with Crippen molar-refractivity contribution < 1.29 is 33.2 Å². The van der Waals surface area contributed by atoms with E-state index in [1.165, 1.54) is 17.0 Å². The molecular formula is C44H47BFNO6Si. The van der Waals surface area contributed by atoms with Gasteiger partial charge in [0.05, 0.1) is 24.5 Å². The van der Waals surface area contributed by atoms with E-state index in [0.29, 0.717) is 24.8 Å². The van der Waals surface area contributed by atoms with Crippen molar-refractivity contribution in [2.45, 2.75) is 57.5 Å². The molecule has 0 aromatic heterocycles. The fourth-order valence-corrected chi connectivity index (χ4v) is 13.6. The molecule has 0 radical (unpaired) electrons. The lowest BCUT2D eigenvalue weighted by Gasteiger charge is -2.46. The number of carbonyl (C=O) groups is 2. The molecule has 2 saturated heterocycles. The van der Waals surface area contributed by atoms with E-state index < -0.39 is 50.9 Å². The molecule has 2 heterocycles. The fourth-order valence-electron chi connectivity index (χ4n) is 9.06. The van der Waals surface area contributed by atoms with Gasteiger partial charge in [0.2, 0.25) is 11.8 Å². The number of amides is 2. The summed E-state index contributed by atoms with van der Waals surface area (Å²) in [4.78, 5) is 28.6. The van der Waals surface area contributed by atoms with Crippen LogP contribution in [-0.4, -0.2) is 62.0 Å². The monoisotopic (exact) mass is 743 g/mol. The van der Waals surface area contributed by atoms with E-state index in [0.717, 1.165) is 32.7 Å². The van der Waals surface area contributed by atoms with Gasteiger partial charge in [-0.1, -0.05) is 124 Å². The van der Waals surface area contributed by atoms with Crippen LogP contribution in [0.25, 0.3) is 11.6 Å². The average Bonchev–Trinajstić information content (AvgIpc) is 3.38. The number of imide groups is 1. The minimum absolute atomic E-state index is 0.194. The summed E-state index contributed by atoms with van der Waals surface area (Å²) in [6.07, 6.45) is 2.88. The molecule has 10 heteroatoms. The molecule has 4 aromatic rings. The zero-order valence-corrected chi connectivity index (χ0v) is 32.2. The van der Waals surface area contributed by atoms with Crippen molar-refractivity contribution in [1.82, 2.24) is 4.90 Å². The standard InChI is InChI=1S/C44H47BFNO6Si/c1-44(2,3)54(33-16-10-6-11-17-33,34-18-12-7-13-19-34)52-28-32-26-35-41(43(50)47(4)42(35)49)36-27-45(51)53-39(40(32)36)23-21-31(30-14-8-5-9-15-30)24-29-20-22-38(48)37(46)25-29/h5-20,22,24-25,35-36,39,41,48,51H,21,23,26-28H2,1-4H3/b31-24-/t35-,36+,39-,41-/m1/s1. The molecule has 1 aliphatic carbocycles. The molecule has 2 N–H and O–H groups in total. The minimum Gasteiger partial charge on any atom is -0.505 e. The van der Waals surface area contributed by atoms with Crippen molar-refractivity contribution >= 4 is 49.3 Å². The van der Waals surface area contributed by atoms with E-state index in [-0.39, 0.29) is 29.8 Å². The summed E-state index contributed by atoms with van der Waals surface area (Å²) in [5.74, 6) is -3.04. The van der Waals surface area contributed by atoms with Crippen molar-refractivity contribution in [2.75, 3.05) is 13.7 Å². The molecule has 3 aliphatic rings. The molecule has 0 saturated carbocycles. The second-order valence-electron chi connectivity index (χ2n) is 15.8. The largest absolute Gasteiger partial charge is 0.505 e. The normalized spacial score (nSPS) is 22.1. The van der Waals surface area contributed by atoms with Gasteiger partial charge in [0, 0.05) is 7.05 Å². The van der Waals surface area contributed by atoms with Crippen molar-refractivity contribution in [3.63, 3.8) is 0 Å². The van der Waals surface area contributed by atoms with Crippen molar-refractivity contribution in [1.29, 1.82) is 0 Å². The number of rotatable bonds is 10. The van der Waals surface area contributed by atoms with Crippen molar-refractivity contribution in [2.24, 2.45) is 17.8 Å². The quantitative estimate of drug-likeness (QED) is 0.0799. The Morgan fingerprint density at radius 1 is 0.926 bits per heavy atom. The van der Waals surface area contributed by atoms with E-state index >= 15 is 0 Å². The number of fused-ring (bicyclic) bond motifs is 3. The predicted octanol–water partition coefficient (Wildman–Crippen LogP) is 6.86. The Morgan fingerprint density at radius 2 is 1.54 bits per heavy atom. The summed E-state index contributed by atoms with van der Waals surface area (Å²) in [5, 5.41) is 23.0. The third-order valence-electron chi connectivity index (χ3n) is 11.5. The predicted molar refractivity (Wildman–Crippen MR) is 213 cm³/mol. The number of halogens is 1. The van der Waals surface area contributed by atoms with E-state index in [2.05, 4.69) is 45.0 Å². The Labute approximate surface area is 318 Å². The Bertz CT molecular complexity index is 2030. The third kappa shape index (κ3) is 7.04. The first-order chi connectivity index (χ1) is 25.9. The molecule has 7 rings (SSSR count). The van der Waals surface area contributed by atoms with Gasteiger partial charge in [0.15, 0.2) is 11.6 Å². The number of benzene rings is 4.